The molecule has 0 atom stereocenters. The highest BCUT2D eigenvalue weighted by Gasteiger charge is 2.22. The van der Waals surface area contributed by atoms with Gasteiger partial charge in [0.05, 0.1) is 33.4 Å². The molecule has 13 aromatic rings. The monoisotopic (exact) mass is 894 g/mol. The van der Waals surface area contributed by atoms with Crippen molar-refractivity contribution in [3.05, 3.63) is 279 Å². The summed E-state index contributed by atoms with van der Waals surface area (Å²) in [5.74, 6) is 0. The lowest BCUT2D eigenvalue weighted by atomic mass is 10.0. The average molecular weight is 895 g/mol. The van der Waals surface area contributed by atoms with Gasteiger partial charge < -0.3 is 18.9 Å². The summed E-state index contributed by atoms with van der Waals surface area (Å²) >= 11 is 0. The maximum absolute atomic E-state index is 2.39. The summed E-state index contributed by atoms with van der Waals surface area (Å²) in [7, 11) is 0. The van der Waals surface area contributed by atoms with Crippen LogP contribution >= 0.6 is 0 Å². The third-order valence-electron chi connectivity index (χ3n) is 13.7. The fraction of sp³-hybridized carbons (Fsp3) is 0. The van der Waals surface area contributed by atoms with Gasteiger partial charge in [-0.05, 0) is 131 Å². The Morgan fingerprint density at radius 1 is 0.200 bits per heavy atom. The van der Waals surface area contributed by atoms with Crippen LogP contribution in [0.3, 0.4) is 0 Å². The Bertz CT molecular complexity index is 3620. The number of benzene rings is 11. The van der Waals surface area contributed by atoms with Crippen LogP contribution in [0.4, 0.5) is 34.1 Å². The minimum absolute atomic E-state index is 1.06. The summed E-state index contributed by atoms with van der Waals surface area (Å²) in [6.45, 7) is 0. The van der Waals surface area contributed by atoms with Crippen LogP contribution in [-0.4, -0.2) is 9.13 Å². The largest absolute Gasteiger partial charge is 0.309 e. The molecule has 0 fully saturated rings. The van der Waals surface area contributed by atoms with Crippen LogP contribution < -0.4 is 9.80 Å². The van der Waals surface area contributed by atoms with Gasteiger partial charge in [0.1, 0.15) is 0 Å². The van der Waals surface area contributed by atoms with Crippen molar-refractivity contribution in [3.8, 4) is 33.6 Å². The molecule has 2 aromatic heterocycles. The first-order chi connectivity index (χ1) is 34.7. The number of aromatic nitrogens is 2. The Morgan fingerprint density at radius 2 is 0.443 bits per heavy atom. The van der Waals surface area contributed by atoms with E-state index in [4.69, 9.17) is 0 Å². The Labute approximate surface area is 407 Å². The highest BCUT2D eigenvalue weighted by molar-refractivity contribution is 6.10. The number of hydrogen-bond acceptors (Lipinski definition) is 2. The van der Waals surface area contributed by atoms with E-state index in [1.54, 1.807) is 0 Å². The van der Waals surface area contributed by atoms with Gasteiger partial charge in [-0.15, -0.1) is 0 Å². The van der Waals surface area contributed by atoms with Gasteiger partial charge in [0.2, 0.25) is 0 Å². The Balaban J connectivity index is 0.880. The van der Waals surface area contributed by atoms with Gasteiger partial charge in [0.15, 0.2) is 0 Å². The van der Waals surface area contributed by atoms with Crippen molar-refractivity contribution in [2.45, 2.75) is 0 Å². The van der Waals surface area contributed by atoms with E-state index in [2.05, 4.69) is 298 Å². The van der Waals surface area contributed by atoms with E-state index in [0.717, 1.165) is 67.8 Å². The van der Waals surface area contributed by atoms with Gasteiger partial charge in [-0.3, -0.25) is 0 Å². The van der Waals surface area contributed by atoms with Crippen LogP contribution in [0.2, 0.25) is 0 Å². The third kappa shape index (κ3) is 7.10. The van der Waals surface area contributed by atoms with Gasteiger partial charge in [-0.2, -0.15) is 0 Å². The number of nitrogens with zero attached hydrogens (tertiary/aromatic N) is 4. The molecule has 0 amide bonds. The molecule has 0 unspecified atom stereocenters. The summed E-state index contributed by atoms with van der Waals surface area (Å²) in [6.07, 6.45) is 0. The molecule has 0 N–H and O–H groups in total. The smallest absolute Gasteiger partial charge is 0.0702 e. The molecule has 0 aliphatic carbocycles. The number of hydrogen-bond donors (Lipinski definition) is 0. The van der Waals surface area contributed by atoms with E-state index < -0.39 is 0 Å². The van der Waals surface area contributed by atoms with Crippen molar-refractivity contribution in [1.29, 1.82) is 0 Å². The van der Waals surface area contributed by atoms with Gasteiger partial charge in [-0.25, -0.2) is 0 Å². The lowest BCUT2D eigenvalue weighted by Crippen LogP contribution is -2.16. The Hall–Kier alpha value is -9.38. The predicted molar refractivity (Wildman–Crippen MR) is 295 cm³/mol. The highest BCUT2D eigenvalue weighted by atomic mass is 15.2. The minimum atomic E-state index is 1.06. The van der Waals surface area contributed by atoms with Crippen LogP contribution in [0.25, 0.3) is 77.2 Å². The summed E-state index contributed by atoms with van der Waals surface area (Å²) < 4.78 is 4.74. The van der Waals surface area contributed by atoms with Crippen molar-refractivity contribution >= 4 is 77.7 Å². The lowest BCUT2D eigenvalue weighted by Gasteiger charge is -2.33. The molecule has 0 aliphatic rings. The van der Waals surface area contributed by atoms with Crippen LogP contribution in [0.5, 0.6) is 0 Å². The normalized spacial score (nSPS) is 11.4. The third-order valence-corrected chi connectivity index (χ3v) is 13.7. The average Bonchev–Trinajstić information content (AvgIpc) is 3.96. The molecule has 0 radical (unpaired) electrons. The molecule has 11 aromatic carbocycles. The quantitative estimate of drug-likeness (QED) is 0.136. The molecular weight excluding hydrogens is 849 g/mol. The molecule has 0 spiro atoms. The number of para-hydroxylation sites is 8. The van der Waals surface area contributed by atoms with Crippen LogP contribution in [0.15, 0.2) is 279 Å². The van der Waals surface area contributed by atoms with Crippen LogP contribution in [-0.2, 0) is 0 Å². The van der Waals surface area contributed by atoms with E-state index >= 15 is 0 Å². The topological polar surface area (TPSA) is 16.3 Å². The fourth-order valence-electron chi connectivity index (χ4n) is 10.5. The number of rotatable bonds is 10. The molecular formula is C66H46N4. The standard InChI is InChI=1S/C66H46N4/c1-3-17-51(18-4-1)67(52-19-5-2-6-20-52)65-29-15-16-30-66(65)68(53-39-31-47(32-40-53)49-35-43-55(44-36-49)69-61-25-11-7-21-57(61)58-22-8-12-26-62(58)69)54-41-33-48(34-42-54)50-37-45-56(46-38-50)70-63-27-13-9-23-59(63)60-24-10-14-28-64(60)70/h1-46H. The van der Waals surface area contributed by atoms with Gasteiger partial charge >= 0.3 is 0 Å². The summed E-state index contributed by atoms with van der Waals surface area (Å²) in [5, 5.41) is 5.05. The van der Waals surface area contributed by atoms with Crippen LogP contribution in [0.1, 0.15) is 0 Å². The molecule has 0 saturated heterocycles. The SMILES string of the molecule is c1ccc(N(c2ccccc2)c2ccccc2N(c2ccc(-c3ccc(-n4c5ccccc5c5ccccc54)cc3)cc2)c2ccc(-c3ccc(-n4c5ccccc5c5ccccc54)cc3)cc2)cc1. The minimum Gasteiger partial charge on any atom is -0.309 e. The van der Waals surface area contributed by atoms with E-state index in [-0.39, 0.29) is 0 Å². The zero-order chi connectivity index (χ0) is 46.4. The number of anilines is 6. The summed E-state index contributed by atoms with van der Waals surface area (Å²) in [5.41, 5.74) is 18.2. The second-order valence-corrected chi connectivity index (χ2v) is 17.8. The van der Waals surface area contributed by atoms with Crippen molar-refractivity contribution < 1.29 is 0 Å². The first-order valence-electron chi connectivity index (χ1n) is 23.9. The van der Waals surface area contributed by atoms with E-state index in [1.165, 1.54) is 43.6 Å². The second kappa shape index (κ2) is 17.4. The van der Waals surface area contributed by atoms with Gasteiger partial charge in [0, 0.05) is 55.7 Å². The lowest BCUT2D eigenvalue weighted by molar-refractivity contribution is 1.18. The van der Waals surface area contributed by atoms with E-state index in [0.29, 0.717) is 0 Å². The van der Waals surface area contributed by atoms with Gasteiger partial charge in [-0.1, -0.05) is 170 Å². The summed E-state index contributed by atoms with van der Waals surface area (Å²) in [6, 6.07) is 101. The molecule has 0 aliphatic heterocycles. The molecule has 330 valence electrons. The molecule has 0 bridgehead atoms. The molecule has 0 saturated carbocycles. The van der Waals surface area contributed by atoms with Crippen molar-refractivity contribution in [1.82, 2.24) is 9.13 Å². The Kier molecular flexibility index (Phi) is 10.1. The molecule has 13 rings (SSSR count). The van der Waals surface area contributed by atoms with Gasteiger partial charge in [0.25, 0.3) is 0 Å². The highest BCUT2D eigenvalue weighted by Crippen LogP contribution is 2.46. The van der Waals surface area contributed by atoms with E-state index in [1.807, 2.05) is 0 Å². The second-order valence-electron chi connectivity index (χ2n) is 17.8. The molecule has 70 heavy (non-hydrogen) atoms. The molecule has 2 heterocycles. The predicted octanol–water partition coefficient (Wildman–Crippen LogP) is 18.2. The Morgan fingerprint density at radius 3 is 0.757 bits per heavy atom. The summed E-state index contributed by atoms with van der Waals surface area (Å²) in [4.78, 5) is 4.74. The van der Waals surface area contributed by atoms with Crippen molar-refractivity contribution in [2.24, 2.45) is 0 Å². The van der Waals surface area contributed by atoms with Crippen molar-refractivity contribution in [3.63, 3.8) is 0 Å². The maximum atomic E-state index is 2.39. The van der Waals surface area contributed by atoms with Crippen LogP contribution in [0, 0.1) is 0 Å². The molecule has 4 nitrogen and oxygen atoms in total. The zero-order valence-electron chi connectivity index (χ0n) is 38.3. The molecule has 4 heteroatoms. The fourth-order valence-corrected chi connectivity index (χ4v) is 10.5. The first-order valence-corrected chi connectivity index (χ1v) is 23.9. The van der Waals surface area contributed by atoms with Crippen molar-refractivity contribution in [2.75, 3.05) is 9.80 Å². The van der Waals surface area contributed by atoms with E-state index in [9.17, 15) is 0 Å². The maximum Gasteiger partial charge on any atom is 0.0702 e. The number of fused-ring (bicyclic) bond motifs is 6. The first kappa shape index (κ1) is 40.9. The zero-order valence-corrected chi connectivity index (χ0v) is 38.3.